The monoisotopic (exact) mass is 351 g/mol. The van der Waals surface area contributed by atoms with Gasteiger partial charge in [0.2, 0.25) is 5.91 Å². The van der Waals surface area contributed by atoms with E-state index in [0.29, 0.717) is 26.0 Å². The normalized spacial score (nSPS) is 11.8. The van der Waals surface area contributed by atoms with Crippen molar-refractivity contribution < 1.29 is 23.8 Å². The smallest absolute Gasteiger partial charge is 0.310 e. The standard InChI is InChI=1S/C19H29NO5/c1-14(2)20(13-15(3)19(22)24-5)18(21)7-6-12-25-17-10-8-16(23-4)9-11-17/h8-11,14-15H,6-7,12-13H2,1-5H3. The van der Waals surface area contributed by atoms with Crippen LogP contribution in [0.25, 0.3) is 0 Å². The van der Waals surface area contributed by atoms with Crippen LogP contribution in [0.4, 0.5) is 0 Å². The molecule has 1 atom stereocenters. The predicted molar refractivity (Wildman–Crippen MR) is 95.8 cm³/mol. The molecular weight excluding hydrogens is 322 g/mol. The van der Waals surface area contributed by atoms with Crippen molar-refractivity contribution in [1.82, 2.24) is 4.90 Å². The lowest BCUT2D eigenvalue weighted by Gasteiger charge is -2.29. The van der Waals surface area contributed by atoms with Crippen molar-refractivity contribution >= 4 is 11.9 Å². The molecule has 140 valence electrons. The Morgan fingerprint density at radius 2 is 1.64 bits per heavy atom. The van der Waals surface area contributed by atoms with Gasteiger partial charge in [-0.1, -0.05) is 6.92 Å². The number of ether oxygens (including phenoxy) is 3. The van der Waals surface area contributed by atoms with E-state index in [1.165, 1.54) is 7.11 Å². The molecule has 1 amide bonds. The van der Waals surface area contributed by atoms with E-state index in [4.69, 9.17) is 14.2 Å². The van der Waals surface area contributed by atoms with Crippen molar-refractivity contribution in [1.29, 1.82) is 0 Å². The van der Waals surface area contributed by atoms with Crippen LogP contribution >= 0.6 is 0 Å². The second-order valence-electron chi connectivity index (χ2n) is 6.19. The highest BCUT2D eigenvalue weighted by molar-refractivity contribution is 5.78. The van der Waals surface area contributed by atoms with Gasteiger partial charge in [-0.15, -0.1) is 0 Å². The van der Waals surface area contributed by atoms with Gasteiger partial charge in [-0.2, -0.15) is 0 Å². The first kappa shape index (κ1) is 20.8. The van der Waals surface area contributed by atoms with E-state index in [9.17, 15) is 9.59 Å². The largest absolute Gasteiger partial charge is 0.497 e. The van der Waals surface area contributed by atoms with Crippen LogP contribution in [0.3, 0.4) is 0 Å². The third kappa shape index (κ3) is 7.03. The predicted octanol–water partition coefficient (Wildman–Crippen LogP) is 2.90. The van der Waals surface area contributed by atoms with Gasteiger partial charge in [0.1, 0.15) is 11.5 Å². The molecule has 1 aromatic carbocycles. The second-order valence-corrected chi connectivity index (χ2v) is 6.19. The van der Waals surface area contributed by atoms with E-state index in [-0.39, 0.29) is 23.8 Å². The van der Waals surface area contributed by atoms with Crippen LogP contribution in [0.1, 0.15) is 33.6 Å². The maximum atomic E-state index is 12.4. The Morgan fingerprint density at radius 3 is 2.16 bits per heavy atom. The average Bonchev–Trinajstić information content (AvgIpc) is 2.62. The van der Waals surface area contributed by atoms with Crippen LogP contribution in [-0.4, -0.2) is 50.2 Å². The number of hydrogen-bond acceptors (Lipinski definition) is 5. The Kier molecular flexibility index (Phi) is 8.81. The minimum absolute atomic E-state index is 0.0177. The molecule has 6 heteroatoms. The van der Waals surface area contributed by atoms with Gasteiger partial charge < -0.3 is 19.1 Å². The lowest BCUT2D eigenvalue weighted by molar-refractivity contribution is -0.147. The first-order valence-corrected chi connectivity index (χ1v) is 8.53. The Hall–Kier alpha value is -2.24. The summed E-state index contributed by atoms with van der Waals surface area (Å²) in [6.07, 6.45) is 0.989. The van der Waals surface area contributed by atoms with Crippen LogP contribution in [0.5, 0.6) is 11.5 Å². The molecule has 0 aromatic heterocycles. The zero-order chi connectivity index (χ0) is 18.8. The zero-order valence-electron chi connectivity index (χ0n) is 15.8. The number of nitrogens with zero attached hydrogens (tertiary/aromatic N) is 1. The molecule has 6 nitrogen and oxygen atoms in total. The summed E-state index contributed by atoms with van der Waals surface area (Å²) in [4.78, 5) is 25.7. The number of benzene rings is 1. The summed E-state index contributed by atoms with van der Waals surface area (Å²) in [6.45, 7) is 6.46. The van der Waals surface area contributed by atoms with Crippen molar-refractivity contribution in [2.75, 3.05) is 27.4 Å². The van der Waals surface area contributed by atoms with Crippen molar-refractivity contribution in [2.24, 2.45) is 5.92 Å². The van der Waals surface area contributed by atoms with Gasteiger partial charge in [-0.05, 0) is 44.5 Å². The number of amides is 1. The van der Waals surface area contributed by atoms with Gasteiger partial charge in [0.05, 0.1) is 26.7 Å². The summed E-state index contributed by atoms with van der Waals surface area (Å²) >= 11 is 0. The maximum absolute atomic E-state index is 12.4. The first-order chi connectivity index (χ1) is 11.9. The van der Waals surface area contributed by atoms with E-state index in [0.717, 1.165) is 11.5 Å². The highest BCUT2D eigenvalue weighted by Crippen LogP contribution is 2.17. The molecule has 0 bridgehead atoms. The summed E-state index contributed by atoms with van der Waals surface area (Å²) in [7, 11) is 2.97. The fraction of sp³-hybridized carbons (Fsp3) is 0.579. The topological polar surface area (TPSA) is 65.1 Å². The van der Waals surface area contributed by atoms with Gasteiger partial charge in [0, 0.05) is 19.0 Å². The lowest BCUT2D eigenvalue weighted by atomic mass is 10.1. The summed E-state index contributed by atoms with van der Waals surface area (Å²) in [5.41, 5.74) is 0. The molecule has 0 saturated carbocycles. The molecule has 25 heavy (non-hydrogen) atoms. The van der Waals surface area contributed by atoms with Gasteiger partial charge >= 0.3 is 5.97 Å². The number of rotatable bonds is 10. The maximum Gasteiger partial charge on any atom is 0.310 e. The average molecular weight is 351 g/mol. The van der Waals surface area contributed by atoms with Crippen LogP contribution in [0.2, 0.25) is 0 Å². The SMILES string of the molecule is COC(=O)C(C)CN(C(=O)CCCOc1ccc(OC)cc1)C(C)C. The molecule has 0 saturated heterocycles. The molecule has 0 N–H and O–H groups in total. The molecule has 0 heterocycles. The molecule has 0 spiro atoms. The van der Waals surface area contributed by atoms with E-state index in [1.54, 1.807) is 18.9 Å². The summed E-state index contributed by atoms with van der Waals surface area (Å²) in [5.74, 6) is 0.889. The minimum atomic E-state index is -0.341. The first-order valence-electron chi connectivity index (χ1n) is 8.53. The second kappa shape index (κ2) is 10.6. The molecule has 0 aliphatic carbocycles. The fourth-order valence-electron chi connectivity index (χ4n) is 2.40. The van der Waals surface area contributed by atoms with Crippen molar-refractivity contribution in [3.8, 4) is 11.5 Å². The van der Waals surface area contributed by atoms with Crippen molar-refractivity contribution in [2.45, 2.75) is 39.7 Å². The fourth-order valence-corrected chi connectivity index (χ4v) is 2.40. The summed E-state index contributed by atoms with van der Waals surface area (Å²) in [5, 5.41) is 0. The summed E-state index contributed by atoms with van der Waals surface area (Å²) in [6, 6.07) is 7.35. The summed E-state index contributed by atoms with van der Waals surface area (Å²) < 4.78 is 15.5. The van der Waals surface area contributed by atoms with Gasteiger partial charge in [-0.3, -0.25) is 9.59 Å². The third-order valence-electron chi connectivity index (χ3n) is 3.88. The van der Waals surface area contributed by atoms with Crippen LogP contribution in [-0.2, 0) is 14.3 Å². The molecular formula is C19H29NO5. The minimum Gasteiger partial charge on any atom is -0.497 e. The number of carbonyl (C=O) groups excluding carboxylic acids is 2. The molecule has 0 aliphatic rings. The van der Waals surface area contributed by atoms with Crippen LogP contribution in [0, 0.1) is 5.92 Å². The number of methoxy groups -OCH3 is 2. The lowest BCUT2D eigenvalue weighted by Crippen LogP contribution is -2.41. The van der Waals surface area contributed by atoms with Gasteiger partial charge in [-0.25, -0.2) is 0 Å². The van der Waals surface area contributed by atoms with Gasteiger partial charge in [0.15, 0.2) is 0 Å². The van der Waals surface area contributed by atoms with Gasteiger partial charge in [0.25, 0.3) is 0 Å². The Balaban J connectivity index is 2.42. The molecule has 1 unspecified atom stereocenters. The van der Waals surface area contributed by atoms with Crippen molar-refractivity contribution in [3.63, 3.8) is 0 Å². The Bertz CT molecular complexity index is 541. The molecule has 0 radical (unpaired) electrons. The van der Waals surface area contributed by atoms with E-state index in [1.807, 2.05) is 38.1 Å². The molecule has 0 aliphatic heterocycles. The van der Waals surface area contributed by atoms with E-state index >= 15 is 0 Å². The molecule has 1 rings (SSSR count). The number of carbonyl (C=O) groups is 2. The van der Waals surface area contributed by atoms with E-state index in [2.05, 4.69) is 0 Å². The Labute approximate surface area is 150 Å². The quantitative estimate of drug-likeness (QED) is 0.479. The number of hydrogen-bond donors (Lipinski definition) is 0. The van der Waals surface area contributed by atoms with Crippen LogP contribution in [0.15, 0.2) is 24.3 Å². The highest BCUT2D eigenvalue weighted by atomic mass is 16.5. The number of esters is 1. The molecule has 0 fully saturated rings. The van der Waals surface area contributed by atoms with Crippen LogP contribution < -0.4 is 9.47 Å². The highest BCUT2D eigenvalue weighted by Gasteiger charge is 2.23. The Morgan fingerprint density at radius 1 is 1.04 bits per heavy atom. The molecule has 1 aromatic rings. The van der Waals surface area contributed by atoms with Crippen molar-refractivity contribution in [3.05, 3.63) is 24.3 Å². The van der Waals surface area contributed by atoms with E-state index < -0.39 is 0 Å². The third-order valence-corrected chi connectivity index (χ3v) is 3.88. The zero-order valence-corrected chi connectivity index (χ0v) is 15.8.